The van der Waals surface area contributed by atoms with Gasteiger partial charge in [-0.25, -0.2) is 9.97 Å². The minimum Gasteiger partial charge on any atom is -0.468 e. The Kier molecular flexibility index (Phi) is 4.03. The third kappa shape index (κ3) is 2.71. The number of thiophene rings is 1. The molecule has 1 fully saturated rings. The Morgan fingerprint density at radius 3 is 3.19 bits per heavy atom. The van der Waals surface area contributed by atoms with Crippen molar-refractivity contribution in [3.05, 3.63) is 17.3 Å². The number of carbonyl (C=O) groups is 1. The molecule has 1 atom stereocenters. The Morgan fingerprint density at radius 1 is 1.57 bits per heavy atom. The van der Waals surface area contributed by atoms with Crippen LogP contribution in [0.1, 0.15) is 18.7 Å². The first-order valence-electron chi connectivity index (χ1n) is 6.96. The second-order valence-electron chi connectivity index (χ2n) is 5.03. The lowest BCUT2D eigenvalue weighted by molar-refractivity contribution is -0.146. The van der Waals surface area contributed by atoms with Gasteiger partial charge in [-0.15, -0.1) is 11.3 Å². The molecule has 6 nitrogen and oxygen atoms in total. The number of aromatic nitrogens is 2. The van der Waals surface area contributed by atoms with Crippen LogP contribution < -0.4 is 5.32 Å². The summed E-state index contributed by atoms with van der Waals surface area (Å²) in [6.45, 7) is 1.45. The smallest absolute Gasteiger partial charge is 0.323 e. The zero-order valence-corrected chi connectivity index (χ0v) is 12.9. The quantitative estimate of drug-likeness (QED) is 0.870. The van der Waals surface area contributed by atoms with E-state index >= 15 is 0 Å². The molecule has 0 radical (unpaired) electrons. The summed E-state index contributed by atoms with van der Waals surface area (Å²) in [5, 5.41) is 6.16. The summed E-state index contributed by atoms with van der Waals surface area (Å²) in [5.41, 5.74) is 0. The SMILES string of the molecule is CNc1nc(CN2CCCC2C(=O)OC)nc2sccc12. The lowest BCUT2D eigenvalue weighted by atomic mass is 10.2. The van der Waals surface area contributed by atoms with Crippen LogP contribution in [0.2, 0.25) is 0 Å². The molecule has 0 aliphatic carbocycles. The molecule has 1 N–H and O–H groups in total. The highest BCUT2D eigenvalue weighted by atomic mass is 32.1. The van der Waals surface area contributed by atoms with E-state index in [9.17, 15) is 4.79 Å². The largest absolute Gasteiger partial charge is 0.468 e. The van der Waals surface area contributed by atoms with Crippen LogP contribution in [0.25, 0.3) is 10.2 Å². The topological polar surface area (TPSA) is 67.4 Å². The molecule has 2 aromatic rings. The van der Waals surface area contributed by atoms with Crippen molar-refractivity contribution >= 4 is 33.3 Å². The van der Waals surface area contributed by atoms with Gasteiger partial charge >= 0.3 is 5.97 Å². The van der Waals surface area contributed by atoms with Gasteiger partial charge in [-0.3, -0.25) is 9.69 Å². The molecule has 0 aromatic carbocycles. The Morgan fingerprint density at radius 2 is 2.43 bits per heavy atom. The van der Waals surface area contributed by atoms with Gasteiger partial charge in [-0.05, 0) is 30.8 Å². The fraction of sp³-hybridized carbons (Fsp3) is 0.500. The van der Waals surface area contributed by atoms with Crippen LogP contribution in [0.4, 0.5) is 5.82 Å². The maximum absolute atomic E-state index is 11.8. The van der Waals surface area contributed by atoms with E-state index in [1.165, 1.54) is 7.11 Å². The van der Waals surface area contributed by atoms with E-state index in [1.54, 1.807) is 11.3 Å². The molecule has 3 heterocycles. The molecule has 1 aliphatic heterocycles. The van der Waals surface area contributed by atoms with Gasteiger partial charge < -0.3 is 10.1 Å². The normalized spacial score (nSPS) is 19.0. The summed E-state index contributed by atoms with van der Waals surface area (Å²) in [5.74, 6) is 1.41. The summed E-state index contributed by atoms with van der Waals surface area (Å²) in [4.78, 5) is 24.0. The number of nitrogens with zero attached hydrogens (tertiary/aromatic N) is 3. The van der Waals surface area contributed by atoms with Crippen LogP contribution in [-0.4, -0.2) is 47.6 Å². The van der Waals surface area contributed by atoms with E-state index in [-0.39, 0.29) is 12.0 Å². The molecular weight excluding hydrogens is 288 g/mol. The Hall–Kier alpha value is -1.73. The Balaban J connectivity index is 1.85. The van der Waals surface area contributed by atoms with Crippen LogP contribution >= 0.6 is 11.3 Å². The maximum Gasteiger partial charge on any atom is 0.323 e. The fourth-order valence-corrected chi connectivity index (χ4v) is 3.54. The molecule has 2 aromatic heterocycles. The van der Waals surface area contributed by atoms with E-state index in [2.05, 4.69) is 20.2 Å². The Bertz CT molecular complexity index is 657. The number of fused-ring (bicyclic) bond motifs is 1. The van der Waals surface area contributed by atoms with E-state index in [0.29, 0.717) is 6.54 Å². The van der Waals surface area contributed by atoms with Gasteiger partial charge in [0.25, 0.3) is 0 Å². The van der Waals surface area contributed by atoms with Crippen LogP contribution in [0.15, 0.2) is 11.4 Å². The van der Waals surface area contributed by atoms with E-state index in [4.69, 9.17) is 4.74 Å². The van der Waals surface area contributed by atoms with Crippen molar-refractivity contribution in [1.29, 1.82) is 0 Å². The average molecular weight is 306 g/mol. The second kappa shape index (κ2) is 5.95. The highest BCUT2D eigenvalue weighted by Crippen LogP contribution is 2.26. The van der Waals surface area contributed by atoms with Crippen molar-refractivity contribution in [1.82, 2.24) is 14.9 Å². The first-order chi connectivity index (χ1) is 10.2. The Labute approximate surface area is 127 Å². The van der Waals surface area contributed by atoms with Gasteiger partial charge in [-0.2, -0.15) is 0 Å². The number of hydrogen-bond acceptors (Lipinski definition) is 7. The molecule has 112 valence electrons. The summed E-state index contributed by atoms with van der Waals surface area (Å²) < 4.78 is 4.87. The number of hydrogen-bond donors (Lipinski definition) is 1. The van der Waals surface area contributed by atoms with E-state index in [1.807, 2.05) is 18.5 Å². The zero-order chi connectivity index (χ0) is 14.8. The second-order valence-corrected chi connectivity index (χ2v) is 5.92. The minimum atomic E-state index is -0.171. The van der Waals surface area contributed by atoms with E-state index < -0.39 is 0 Å². The molecule has 1 saturated heterocycles. The van der Waals surface area contributed by atoms with Crippen molar-refractivity contribution in [2.24, 2.45) is 0 Å². The van der Waals surface area contributed by atoms with Crippen molar-refractivity contribution in [3.8, 4) is 0 Å². The number of nitrogens with one attached hydrogen (secondary N) is 1. The minimum absolute atomic E-state index is 0.168. The third-order valence-electron chi connectivity index (χ3n) is 3.79. The highest BCUT2D eigenvalue weighted by Gasteiger charge is 2.32. The van der Waals surface area contributed by atoms with Gasteiger partial charge in [0.15, 0.2) is 0 Å². The standard InChI is InChI=1S/C14H18N4O2S/c1-15-12-9-5-7-21-13(9)17-11(16-12)8-18-6-3-4-10(18)14(19)20-2/h5,7,10H,3-4,6,8H2,1-2H3,(H,15,16,17). The summed E-state index contributed by atoms with van der Waals surface area (Å²) in [6.07, 6.45) is 1.84. The molecule has 3 rings (SSSR count). The number of ether oxygens (including phenoxy) is 1. The van der Waals surface area contributed by atoms with Crippen molar-refractivity contribution < 1.29 is 9.53 Å². The molecule has 7 heteroatoms. The number of anilines is 1. The number of carbonyl (C=O) groups excluding carboxylic acids is 1. The van der Waals surface area contributed by atoms with Crippen LogP contribution in [0.5, 0.6) is 0 Å². The van der Waals surface area contributed by atoms with E-state index in [0.717, 1.165) is 41.2 Å². The van der Waals surface area contributed by atoms with Crippen LogP contribution in [0, 0.1) is 0 Å². The van der Waals surface area contributed by atoms with Gasteiger partial charge in [0.2, 0.25) is 0 Å². The third-order valence-corrected chi connectivity index (χ3v) is 4.60. The van der Waals surface area contributed by atoms with Crippen molar-refractivity contribution in [2.45, 2.75) is 25.4 Å². The summed E-state index contributed by atoms with van der Waals surface area (Å²) >= 11 is 1.60. The number of esters is 1. The summed E-state index contributed by atoms with van der Waals surface area (Å²) in [6, 6.07) is 1.85. The van der Waals surface area contributed by atoms with Crippen LogP contribution in [0.3, 0.4) is 0 Å². The molecule has 1 aliphatic rings. The lowest BCUT2D eigenvalue weighted by Crippen LogP contribution is -2.36. The molecule has 21 heavy (non-hydrogen) atoms. The van der Waals surface area contributed by atoms with Gasteiger partial charge in [0, 0.05) is 7.05 Å². The lowest BCUT2D eigenvalue weighted by Gasteiger charge is -2.21. The zero-order valence-electron chi connectivity index (χ0n) is 12.1. The molecule has 0 bridgehead atoms. The monoisotopic (exact) mass is 306 g/mol. The van der Waals surface area contributed by atoms with Gasteiger partial charge in [0.05, 0.1) is 19.0 Å². The number of methoxy groups -OCH3 is 1. The molecule has 1 unspecified atom stereocenters. The molecule has 0 amide bonds. The predicted molar refractivity (Wildman–Crippen MR) is 82.4 cm³/mol. The first-order valence-corrected chi connectivity index (χ1v) is 7.84. The van der Waals surface area contributed by atoms with Gasteiger partial charge in [0.1, 0.15) is 22.5 Å². The number of rotatable bonds is 4. The first kappa shape index (κ1) is 14.2. The maximum atomic E-state index is 11.8. The fourth-order valence-electron chi connectivity index (χ4n) is 2.76. The highest BCUT2D eigenvalue weighted by molar-refractivity contribution is 7.16. The van der Waals surface area contributed by atoms with Crippen molar-refractivity contribution in [3.63, 3.8) is 0 Å². The molecular formula is C14H18N4O2S. The molecule has 0 spiro atoms. The van der Waals surface area contributed by atoms with Crippen LogP contribution in [-0.2, 0) is 16.1 Å². The summed E-state index contributed by atoms with van der Waals surface area (Å²) in [7, 11) is 3.29. The predicted octanol–water partition coefficient (Wildman–Crippen LogP) is 1.87. The van der Waals surface area contributed by atoms with Crippen molar-refractivity contribution in [2.75, 3.05) is 26.0 Å². The molecule has 0 saturated carbocycles. The number of likely N-dealkylation sites (tertiary alicyclic amines) is 1. The average Bonchev–Trinajstić information content (AvgIpc) is 3.14. The van der Waals surface area contributed by atoms with Gasteiger partial charge in [-0.1, -0.05) is 0 Å².